The Morgan fingerprint density at radius 3 is 2.90 bits per heavy atom. The van der Waals surface area contributed by atoms with E-state index in [2.05, 4.69) is 4.74 Å². The molecule has 3 heteroatoms. The lowest BCUT2D eigenvalue weighted by atomic mass is 10.3. The van der Waals surface area contributed by atoms with Crippen molar-refractivity contribution in [2.45, 2.75) is 19.4 Å². The number of carbonyl (C=O) groups excluding carboxylic acids is 1. The van der Waals surface area contributed by atoms with Gasteiger partial charge in [0.15, 0.2) is 0 Å². The van der Waals surface area contributed by atoms with Crippen LogP contribution in [0, 0.1) is 12.3 Å². The summed E-state index contributed by atoms with van der Waals surface area (Å²) in [6.45, 7) is 2.01. The van der Waals surface area contributed by atoms with Gasteiger partial charge in [0.1, 0.15) is 6.10 Å². The molecule has 0 aromatic rings. The number of terminal acetylenes is 1. The normalized spacial score (nSPS) is 11.7. The summed E-state index contributed by atoms with van der Waals surface area (Å²) in [7, 11) is 0. The molecule has 1 atom stereocenters. The summed E-state index contributed by atoms with van der Waals surface area (Å²) < 4.78 is 4.52. The van der Waals surface area contributed by atoms with Crippen LogP contribution in [-0.4, -0.2) is 23.8 Å². The van der Waals surface area contributed by atoms with Crippen LogP contribution in [0.1, 0.15) is 13.3 Å². The summed E-state index contributed by atoms with van der Waals surface area (Å²) in [5.74, 6) is 1.54. The van der Waals surface area contributed by atoms with Crippen molar-refractivity contribution < 1.29 is 14.6 Å². The van der Waals surface area contributed by atoms with Gasteiger partial charge in [0.05, 0.1) is 13.0 Å². The first-order valence-corrected chi connectivity index (χ1v) is 3.00. The molecule has 0 heterocycles. The van der Waals surface area contributed by atoms with Crippen molar-refractivity contribution in [3.05, 3.63) is 0 Å². The fraction of sp³-hybridized carbons (Fsp3) is 0.571. The number of hydrogen-bond donors (Lipinski definition) is 1. The second-order valence-corrected chi connectivity index (χ2v) is 1.69. The number of rotatable bonds is 3. The van der Waals surface area contributed by atoms with E-state index in [9.17, 15) is 4.79 Å². The maximum absolute atomic E-state index is 10.5. The minimum atomic E-state index is -1.01. The van der Waals surface area contributed by atoms with Gasteiger partial charge in [0.2, 0.25) is 0 Å². The lowest BCUT2D eigenvalue weighted by molar-refractivity contribution is -0.144. The van der Waals surface area contributed by atoms with Crippen LogP contribution in [-0.2, 0) is 9.53 Å². The van der Waals surface area contributed by atoms with Gasteiger partial charge in [-0.05, 0) is 6.92 Å². The quantitative estimate of drug-likeness (QED) is 0.443. The maximum atomic E-state index is 10.5. The summed E-state index contributed by atoms with van der Waals surface area (Å²) in [4.78, 5) is 10.5. The molecule has 0 radical (unpaired) electrons. The average Bonchev–Trinajstić information content (AvgIpc) is 1.88. The molecule has 0 aliphatic carbocycles. The monoisotopic (exact) mass is 142 g/mol. The molecular weight excluding hydrogens is 132 g/mol. The van der Waals surface area contributed by atoms with Crippen LogP contribution in [0.2, 0.25) is 0 Å². The Hall–Kier alpha value is -1.01. The van der Waals surface area contributed by atoms with E-state index >= 15 is 0 Å². The summed E-state index contributed by atoms with van der Waals surface area (Å²) >= 11 is 0. The third-order valence-corrected chi connectivity index (χ3v) is 0.858. The van der Waals surface area contributed by atoms with Gasteiger partial charge >= 0.3 is 5.97 Å². The SMILES string of the molecule is C#CC(O)CC(=O)OCC. The first-order valence-electron chi connectivity index (χ1n) is 3.00. The molecule has 1 unspecified atom stereocenters. The number of carbonyl (C=O) groups is 1. The average molecular weight is 142 g/mol. The zero-order valence-corrected chi connectivity index (χ0v) is 5.83. The molecule has 0 bridgehead atoms. The first-order chi connectivity index (χ1) is 4.70. The van der Waals surface area contributed by atoms with E-state index in [1.54, 1.807) is 6.92 Å². The predicted octanol–water partition coefficient (Wildman–Crippen LogP) is -0.0663. The van der Waals surface area contributed by atoms with Gasteiger partial charge in [0.25, 0.3) is 0 Å². The van der Waals surface area contributed by atoms with Crippen LogP contribution in [0.3, 0.4) is 0 Å². The molecule has 0 fully saturated rings. The lowest BCUT2D eigenvalue weighted by Crippen LogP contribution is -2.13. The number of aliphatic hydroxyl groups is 1. The molecule has 0 rings (SSSR count). The second-order valence-electron chi connectivity index (χ2n) is 1.69. The summed E-state index contributed by atoms with van der Waals surface area (Å²) in [6.07, 6.45) is 3.67. The van der Waals surface area contributed by atoms with E-state index in [0.29, 0.717) is 6.61 Å². The largest absolute Gasteiger partial charge is 0.466 e. The molecule has 0 saturated carbocycles. The van der Waals surface area contributed by atoms with Crippen LogP contribution < -0.4 is 0 Å². The first kappa shape index (κ1) is 8.99. The van der Waals surface area contributed by atoms with Crippen molar-refractivity contribution in [1.29, 1.82) is 0 Å². The van der Waals surface area contributed by atoms with Crippen molar-refractivity contribution in [2.75, 3.05) is 6.61 Å². The van der Waals surface area contributed by atoms with E-state index in [1.165, 1.54) is 0 Å². The highest BCUT2D eigenvalue weighted by molar-refractivity contribution is 5.70. The number of hydrogen-bond acceptors (Lipinski definition) is 3. The van der Waals surface area contributed by atoms with Crippen molar-refractivity contribution >= 4 is 5.97 Å². The van der Waals surface area contributed by atoms with Crippen LogP contribution >= 0.6 is 0 Å². The molecule has 3 nitrogen and oxygen atoms in total. The van der Waals surface area contributed by atoms with Crippen LogP contribution in [0.15, 0.2) is 0 Å². The smallest absolute Gasteiger partial charge is 0.309 e. The molecule has 10 heavy (non-hydrogen) atoms. The summed E-state index contributed by atoms with van der Waals surface area (Å²) in [5.41, 5.74) is 0. The fourth-order valence-corrected chi connectivity index (χ4v) is 0.437. The lowest BCUT2D eigenvalue weighted by Gasteiger charge is -2.01. The van der Waals surface area contributed by atoms with Crippen LogP contribution in [0.4, 0.5) is 0 Å². The molecule has 1 N–H and O–H groups in total. The third-order valence-electron chi connectivity index (χ3n) is 0.858. The van der Waals surface area contributed by atoms with Gasteiger partial charge in [-0.15, -0.1) is 6.42 Å². The predicted molar refractivity (Wildman–Crippen MR) is 36.1 cm³/mol. The Balaban J connectivity index is 3.49. The van der Waals surface area contributed by atoms with E-state index in [1.807, 2.05) is 5.92 Å². The van der Waals surface area contributed by atoms with Crippen LogP contribution in [0.25, 0.3) is 0 Å². The minimum absolute atomic E-state index is 0.121. The highest BCUT2D eigenvalue weighted by atomic mass is 16.5. The van der Waals surface area contributed by atoms with Gasteiger partial charge in [0, 0.05) is 0 Å². The Labute approximate surface area is 60.0 Å². The van der Waals surface area contributed by atoms with Crippen molar-refractivity contribution in [3.63, 3.8) is 0 Å². The van der Waals surface area contributed by atoms with Crippen molar-refractivity contribution in [1.82, 2.24) is 0 Å². The van der Waals surface area contributed by atoms with E-state index in [-0.39, 0.29) is 6.42 Å². The van der Waals surface area contributed by atoms with E-state index in [0.717, 1.165) is 0 Å². The second kappa shape index (κ2) is 4.83. The Kier molecular flexibility index (Phi) is 4.34. The molecule has 0 saturated heterocycles. The molecule has 0 spiro atoms. The minimum Gasteiger partial charge on any atom is -0.466 e. The van der Waals surface area contributed by atoms with Crippen molar-refractivity contribution in [2.24, 2.45) is 0 Å². The van der Waals surface area contributed by atoms with Gasteiger partial charge in [-0.3, -0.25) is 4.79 Å². The Bertz CT molecular complexity index is 145. The molecule has 0 aliphatic heterocycles. The Morgan fingerprint density at radius 2 is 2.50 bits per heavy atom. The third kappa shape index (κ3) is 3.93. The summed E-state index contributed by atoms with van der Waals surface area (Å²) in [6, 6.07) is 0. The van der Waals surface area contributed by atoms with Crippen molar-refractivity contribution in [3.8, 4) is 12.3 Å². The van der Waals surface area contributed by atoms with Gasteiger partial charge in [-0.25, -0.2) is 0 Å². The molecule has 56 valence electrons. The van der Waals surface area contributed by atoms with E-state index < -0.39 is 12.1 Å². The molecule has 0 aromatic heterocycles. The van der Waals surface area contributed by atoms with Gasteiger partial charge < -0.3 is 9.84 Å². The zero-order chi connectivity index (χ0) is 7.98. The van der Waals surface area contributed by atoms with Gasteiger partial charge in [-0.1, -0.05) is 5.92 Å². The molecule has 0 amide bonds. The van der Waals surface area contributed by atoms with E-state index in [4.69, 9.17) is 11.5 Å². The zero-order valence-electron chi connectivity index (χ0n) is 5.83. The summed E-state index contributed by atoms with van der Waals surface area (Å²) in [5, 5.41) is 8.72. The highest BCUT2D eigenvalue weighted by Crippen LogP contribution is 1.91. The number of aliphatic hydroxyl groups excluding tert-OH is 1. The Morgan fingerprint density at radius 1 is 1.90 bits per heavy atom. The van der Waals surface area contributed by atoms with Gasteiger partial charge in [-0.2, -0.15) is 0 Å². The number of esters is 1. The molecular formula is C7H10O3. The molecule has 0 aromatic carbocycles. The standard InChI is InChI=1S/C7H10O3/c1-3-6(8)5-7(9)10-4-2/h1,6,8H,4-5H2,2H3. The topological polar surface area (TPSA) is 46.5 Å². The number of ether oxygens (including phenoxy) is 1. The molecule has 0 aliphatic rings. The highest BCUT2D eigenvalue weighted by Gasteiger charge is 2.07. The van der Waals surface area contributed by atoms with Crippen LogP contribution in [0.5, 0.6) is 0 Å². The maximum Gasteiger partial charge on any atom is 0.309 e. The fourth-order valence-electron chi connectivity index (χ4n) is 0.437.